The van der Waals surface area contributed by atoms with Crippen molar-refractivity contribution in [3.05, 3.63) is 60.2 Å². The van der Waals surface area contributed by atoms with Gasteiger partial charge in [-0.1, -0.05) is 62.9 Å². The Morgan fingerprint density at radius 1 is 1.15 bits per heavy atom. The Hall–Kier alpha value is -2.28. The van der Waals surface area contributed by atoms with E-state index in [1.807, 2.05) is 50.3 Å². The third-order valence-electron chi connectivity index (χ3n) is 8.52. The number of allylic oxidation sites excluding steroid dienone is 1. The van der Waals surface area contributed by atoms with E-state index in [0.29, 0.717) is 24.8 Å². The molecule has 1 amide bonds. The number of rotatable bonds is 2. The molecule has 34 heavy (non-hydrogen) atoms. The van der Waals surface area contributed by atoms with Crippen LogP contribution in [0.4, 0.5) is 0 Å². The summed E-state index contributed by atoms with van der Waals surface area (Å²) in [6.07, 6.45) is 2.46. The molecule has 2 fully saturated rings. The molecule has 1 aliphatic heterocycles. The zero-order chi connectivity index (χ0) is 24.8. The molecule has 4 rings (SSSR count). The minimum absolute atomic E-state index is 0.0481. The Labute approximate surface area is 201 Å². The molecule has 3 aliphatic rings. The molecule has 2 aliphatic carbocycles. The van der Waals surface area contributed by atoms with Crippen molar-refractivity contribution in [2.75, 3.05) is 0 Å². The first-order valence-corrected chi connectivity index (χ1v) is 12.3. The first kappa shape index (κ1) is 24.8. The van der Waals surface area contributed by atoms with Crippen LogP contribution in [0.1, 0.15) is 45.6 Å². The Kier molecular flexibility index (Phi) is 6.62. The van der Waals surface area contributed by atoms with Crippen LogP contribution in [0.15, 0.2) is 54.6 Å². The summed E-state index contributed by atoms with van der Waals surface area (Å²) in [5.74, 6) is -2.30. The lowest BCUT2D eigenvalue weighted by atomic mass is 9.51. The highest BCUT2D eigenvalue weighted by Gasteiger charge is 2.68. The van der Waals surface area contributed by atoms with E-state index in [9.17, 15) is 24.9 Å². The van der Waals surface area contributed by atoms with Gasteiger partial charge in [0.05, 0.1) is 17.8 Å². The van der Waals surface area contributed by atoms with E-state index in [4.69, 9.17) is 0 Å². The fourth-order valence-electron chi connectivity index (χ4n) is 6.69. The normalized spacial score (nSPS) is 43.9. The molecule has 4 N–H and O–H groups in total. The molecule has 184 valence electrons. The third kappa shape index (κ3) is 3.96. The number of amides is 1. The molecule has 1 spiro atoms. The van der Waals surface area contributed by atoms with Gasteiger partial charge in [-0.05, 0) is 49.2 Å². The van der Waals surface area contributed by atoms with Crippen LogP contribution >= 0.6 is 0 Å². The van der Waals surface area contributed by atoms with Crippen LogP contribution in [0.3, 0.4) is 0 Å². The lowest BCUT2D eigenvalue weighted by Gasteiger charge is -2.49. The van der Waals surface area contributed by atoms with Crippen molar-refractivity contribution in [2.24, 2.45) is 29.1 Å². The quantitative estimate of drug-likeness (QED) is 0.395. The van der Waals surface area contributed by atoms with Crippen LogP contribution in [0, 0.1) is 29.1 Å². The first-order valence-electron chi connectivity index (χ1n) is 12.3. The summed E-state index contributed by atoms with van der Waals surface area (Å²) in [5.41, 5.74) is -1.34. The molecule has 1 saturated heterocycles. The molecule has 1 heterocycles. The summed E-state index contributed by atoms with van der Waals surface area (Å²) in [4.78, 5) is 27.9. The van der Waals surface area contributed by atoms with Crippen LogP contribution in [-0.2, 0) is 16.0 Å². The summed E-state index contributed by atoms with van der Waals surface area (Å²) >= 11 is 0. The van der Waals surface area contributed by atoms with Gasteiger partial charge in [0, 0.05) is 24.3 Å². The third-order valence-corrected chi connectivity index (χ3v) is 8.52. The highest BCUT2D eigenvalue weighted by molar-refractivity contribution is 6.09. The SMILES string of the molecule is C=C1[C@@H](C)[C@H]2[C@H](Cc3ccccc3)NC(=O)[C@]23C(=O)C[C@@H](O)[C@@](C)(O)C[C@@H](C)C/C=C/[C@H]3[C@@H]1O. The number of carbonyl (C=O) groups excluding carboxylic acids is 2. The number of hydrogen-bond donors (Lipinski definition) is 4. The molecular formula is C28H37NO5. The van der Waals surface area contributed by atoms with E-state index >= 15 is 0 Å². The Morgan fingerprint density at radius 2 is 1.82 bits per heavy atom. The molecule has 0 aromatic heterocycles. The van der Waals surface area contributed by atoms with Crippen LogP contribution in [0.5, 0.6) is 0 Å². The molecule has 1 aromatic carbocycles. The molecule has 0 unspecified atom stereocenters. The van der Waals surface area contributed by atoms with Crippen molar-refractivity contribution < 1.29 is 24.9 Å². The predicted octanol–water partition coefficient (Wildman–Crippen LogP) is 2.57. The van der Waals surface area contributed by atoms with Crippen LogP contribution in [0.2, 0.25) is 0 Å². The summed E-state index contributed by atoms with van der Waals surface area (Å²) in [7, 11) is 0. The van der Waals surface area contributed by atoms with Gasteiger partial charge in [0.15, 0.2) is 5.78 Å². The highest BCUT2D eigenvalue weighted by atomic mass is 16.3. The topological polar surface area (TPSA) is 107 Å². The van der Waals surface area contributed by atoms with Gasteiger partial charge < -0.3 is 20.6 Å². The first-order chi connectivity index (χ1) is 16.0. The number of Topliss-reactive ketones (excluding diaryl/α,β-unsaturated/α-hetero) is 1. The van der Waals surface area contributed by atoms with Gasteiger partial charge in [0.1, 0.15) is 5.41 Å². The van der Waals surface area contributed by atoms with Crippen molar-refractivity contribution in [3.63, 3.8) is 0 Å². The number of benzene rings is 1. The smallest absolute Gasteiger partial charge is 0.235 e. The average Bonchev–Trinajstić information content (AvgIpc) is 3.06. The van der Waals surface area contributed by atoms with Crippen molar-refractivity contribution in [3.8, 4) is 0 Å². The van der Waals surface area contributed by atoms with Crippen LogP contribution in [-0.4, -0.2) is 50.9 Å². The second-order valence-corrected chi connectivity index (χ2v) is 11.0. The number of aliphatic hydroxyl groups excluding tert-OH is 2. The van der Waals surface area contributed by atoms with E-state index in [1.165, 1.54) is 0 Å². The summed E-state index contributed by atoms with van der Waals surface area (Å²) in [5, 5.41) is 36.2. The molecule has 9 atom stereocenters. The molecule has 1 saturated carbocycles. The lowest BCUT2D eigenvalue weighted by molar-refractivity contribution is -0.156. The molecule has 6 heteroatoms. The Balaban J connectivity index is 1.84. The maximum atomic E-state index is 14.1. The molecule has 6 nitrogen and oxygen atoms in total. The summed E-state index contributed by atoms with van der Waals surface area (Å²) in [6.45, 7) is 9.60. The zero-order valence-corrected chi connectivity index (χ0v) is 20.3. The largest absolute Gasteiger partial charge is 0.390 e. The van der Waals surface area contributed by atoms with E-state index in [-0.39, 0.29) is 24.3 Å². The van der Waals surface area contributed by atoms with Crippen LogP contribution in [0.25, 0.3) is 0 Å². The second kappa shape index (κ2) is 9.06. The summed E-state index contributed by atoms with van der Waals surface area (Å²) in [6, 6.07) is 9.48. The van der Waals surface area contributed by atoms with Crippen molar-refractivity contribution in [1.29, 1.82) is 0 Å². The number of nitrogens with one attached hydrogen (secondary N) is 1. The minimum Gasteiger partial charge on any atom is -0.390 e. The van der Waals surface area contributed by atoms with Crippen molar-refractivity contribution in [1.82, 2.24) is 5.32 Å². The van der Waals surface area contributed by atoms with Gasteiger partial charge in [-0.2, -0.15) is 0 Å². The maximum absolute atomic E-state index is 14.1. The van der Waals surface area contributed by atoms with E-state index in [2.05, 4.69) is 11.9 Å². The van der Waals surface area contributed by atoms with Gasteiger partial charge in [0.25, 0.3) is 0 Å². The van der Waals surface area contributed by atoms with Crippen LogP contribution < -0.4 is 5.32 Å². The summed E-state index contributed by atoms with van der Waals surface area (Å²) < 4.78 is 0. The zero-order valence-electron chi connectivity index (χ0n) is 20.3. The Morgan fingerprint density at radius 3 is 2.50 bits per heavy atom. The van der Waals surface area contributed by atoms with Gasteiger partial charge >= 0.3 is 0 Å². The lowest BCUT2D eigenvalue weighted by Crippen LogP contribution is -2.59. The number of hydrogen-bond acceptors (Lipinski definition) is 5. The molecule has 0 bridgehead atoms. The van der Waals surface area contributed by atoms with E-state index in [0.717, 1.165) is 5.56 Å². The average molecular weight is 468 g/mol. The molecule has 1 aromatic rings. The maximum Gasteiger partial charge on any atom is 0.235 e. The van der Waals surface area contributed by atoms with Crippen molar-refractivity contribution in [2.45, 2.75) is 70.3 Å². The number of aliphatic hydroxyl groups is 3. The fraction of sp³-hybridized carbons (Fsp3) is 0.571. The number of carbonyl (C=O) groups is 2. The van der Waals surface area contributed by atoms with E-state index in [1.54, 1.807) is 13.0 Å². The standard InChI is InChI=1S/C28H37NO5/c1-16-9-8-12-20-25(32)18(3)17(2)24-21(13-19-10-6-5-7-11-19)29-26(33)28(20,24)23(31)14-22(30)27(4,34)15-16/h5-8,10-12,16-17,20-22,24-25,30,32,34H,3,9,13-15H2,1-2,4H3,(H,29,33)/b12-8+/t16-,17+,20-,21-,22+,24-,25+,27-,28+/m0/s1. The Bertz CT molecular complexity index is 986. The highest BCUT2D eigenvalue weighted by Crippen LogP contribution is 2.57. The minimum atomic E-state index is -1.54. The predicted molar refractivity (Wildman–Crippen MR) is 130 cm³/mol. The fourth-order valence-corrected chi connectivity index (χ4v) is 6.69. The van der Waals surface area contributed by atoms with Gasteiger partial charge in [0.2, 0.25) is 5.91 Å². The second-order valence-electron chi connectivity index (χ2n) is 11.0. The van der Waals surface area contributed by atoms with Gasteiger partial charge in [-0.15, -0.1) is 0 Å². The van der Waals surface area contributed by atoms with Crippen molar-refractivity contribution >= 4 is 11.7 Å². The molecule has 0 radical (unpaired) electrons. The molecular weight excluding hydrogens is 430 g/mol. The van der Waals surface area contributed by atoms with Gasteiger partial charge in [-0.25, -0.2) is 0 Å². The number of ketones is 1. The van der Waals surface area contributed by atoms with Gasteiger partial charge in [-0.3, -0.25) is 9.59 Å². The monoisotopic (exact) mass is 467 g/mol. The van der Waals surface area contributed by atoms with E-state index < -0.39 is 46.8 Å².